The molecule has 0 saturated heterocycles. The lowest BCUT2D eigenvalue weighted by molar-refractivity contribution is -0.146. The van der Waals surface area contributed by atoms with Crippen LogP contribution in [0.3, 0.4) is 0 Å². The zero-order valence-electron chi connectivity index (χ0n) is 17.6. The summed E-state index contributed by atoms with van der Waals surface area (Å²) in [7, 11) is -3.48. The van der Waals surface area contributed by atoms with Crippen LogP contribution in [0.4, 0.5) is 11.6 Å². The molecule has 11 heteroatoms. The van der Waals surface area contributed by atoms with Gasteiger partial charge in [0.2, 0.25) is 16.0 Å². The maximum atomic E-state index is 12.1. The lowest BCUT2D eigenvalue weighted by Crippen LogP contribution is -2.37. The molecule has 10 nitrogen and oxygen atoms in total. The Balaban J connectivity index is 2.13. The summed E-state index contributed by atoms with van der Waals surface area (Å²) >= 11 is 0. The van der Waals surface area contributed by atoms with Gasteiger partial charge in [0.05, 0.1) is 28.8 Å². The molecule has 0 radical (unpaired) electrons. The number of aromatic nitrogens is 2. The van der Waals surface area contributed by atoms with Crippen LogP contribution in [0, 0.1) is 17.3 Å². The van der Waals surface area contributed by atoms with Crippen LogP contribution in [-0.4, -0.2) is 46.8 Å². The van der Waals surface area contributed by atoms with E-state index in [2.05, 4.69) is 26.5 Å². The Morgan fingerprint density at radius 2 is 1.97 bits per heavy atom. The van der Waals surface area contributed by atoms with Crippen molar-refractivity contribution in [1.29, 1.82) is 0 Å². The van der Waals surface area contributed by atoms with Gasteiger partial charge in [-0.15, -0.1) is 0 Å². The first-order valence-electron chi connectivity index (χ1n) is 9.49. The van der Waals surface area contributed by atoms with Gasteiger partial charge >= 0.3 is 11.9 Å². The summed E-state index contributed by atoms with van der Waals surface area (Å²) < 4.78 is 25.3. The number of nitrogen functional groups attached to an aromatic ring is 1. The Morgan fingerprint density at radius 3 is 2.61 bits per heavy atom. The number of nitrogens with zero attached hydrogens (tertiary/aromatic N) is 2. The first-order valence-corrected chi connectivity index (χ1v) is 11.4. The third-order valence-electron chi connectivity index (χ3n) is 4.95. The summed E-state index contributed by atoms with van der Waals surface area (Å²) in [4.78, 5) is 32.1. The van der Waals surface area contributed by atoms with E-state index in [0.717, 1.165) is 6.26 Å². The van der Waals surface area contributed by atoms with Crippen molar-refractivity contribution >= 4 is 33.6 Å². The van der Waals surface area contributed by atoms with Crippen LogP contribution in [0.25, 0.3) is 0 Å². The van der Waals surface area contributed by atoms with Gasteiger partial charge in [-0.25, -0.2) is 23.2 Å². The number of hydrogen-bond acceptors (Lipinski definition) is 7. The highest BCUT2D eigenvalue weighted by atomic mass is 32.2. The normalized spacial score (nSPS) is 19.7. The lowest BCUT2D eigenvalue weighted by Gasteiger charge is -2.34. The number of aliphatic carboxylic acids is 2. The van der Waals surface area contributed by atoms with Gasteiger partial charge in [-0.1, -0.05) is 36.1 Å². The van der Waals surface area contributed by atoms with Crippen molar-refractivity contribution in [1.82, 2.24) is 9.97 Å². The predicted octanol–water partition coefficient (Wildman–Crippen LogP) is 1.59. The van der Waals surface area contributed by atoms with Crippen LogP contribution in [-0.2, 0) is 19.6 Å². The summed E-state index contributed by atoms with van der Waals surface area (Å²) in [6.45, 7) is 1.39. The minimum atomic E-state index is -3.48. The second kappa shape index (κ2) is 8.76. The molecule has 1 aromatic carbocycles. The number of carbonyl (C=O) groups is 2. The molecular formula is C22H20N4O6S. The van der Waals surface area contributed by atoms with Crippen molar-refractivity contribution in [2.24, 2.45) is 5.41 Å². The van der Waals surface area contributed by atoms with Gasteiger partial charge in [0.1, 0.15) is 0 Å². The molecule has 0 aliphatic heterocycles. The van der Waals surface area contributed by atoms with Gasteiger partial charge in [-0.2, -0.15) is 0 Å². The van der Waals surface area contributed by atoms with Gasteiger partial charge in [-0.05, 0) is 25.1 Å². The van der Waals surface area contributed by atoms with E-state index in [1.165, 1.54) is 37.4 Å². The van der Waals surface area contributed by atoms with Gasteiger partial charge in [-0.3, -0.25) is 9.52 Å². The van der Waals surface area contributed by atoms with E-state index in [-0.39, 0.29) is 22.8 Å². The maximum absolute atomic E-state index is 12.1. The highest BCUT2D eigenvalue weighted by molar-refractivity contribution is 7.92. The minimum Gasteiger partial charge on any atom is -0.481 e. The van der Waals surface area contributed by atoms with Crippen molar-refractivity contribution in [2.45, 2.75) is 12.8 Å². The molecule has 2 atom stereocenters. The van der Waals surface area contributed by atoms with E-state index in [4.69, 9.17) is 5.73 Å². The molecule has 1 aromatic heterocycles. The van der Waals surface area contributed by atoms with Gasteiger partial charge in [0.15, 0.2) is 0 Å². The SMILES string of the molecule is CC1(C(=O)O)C=CC=C(C(=O)O)C1c1nc(N)ncc1C#Cc1cccc(NS(C)(=O)=O)c1. The molecule has 2 unspecified atom stereocenters. The zero-order chi connectivity index (χ0) is 24.4. The van der Waals surface area contributed by atoms with Gasteiger partial charge < -0.3 is 15.9 Å². The van der Waals surface area contributed by atoms with E-state index in [1.807, 2.05) is 0 Å². The monoisotopic (exact) mass is 468 g/mol. The van der Waals surface area contributed by atoms with E-state index < -0.39 is 33.3 Å². The number of carboxylic acid groups (broad SMARTS) is 2. The third kappa shape index (κ3) is 5.19. The number of benzene rings is 1. The molecule has 170 valence electrons. The molecule has 0 fully saturated rings. The summed E-state index contributed by atoms with van der Waals surface area (Å²) in [5, 5.41) is 19.6. The molecule has 0 amide bonds. The molecule has 0 saturated carbocycles. The lowest BCUT2D eigenvalue weighted by atomic mass is 9.68. The van der Waals surface area contributed by atoms with E-state index >= 15 is 0 Å². The average molecular weight is 468 g/mol. The van der Waals surface area contributed by atoms with Crippen LogP contribution in [0.5, 0.6) is 0 Å². The zero-order valence-corrected chi connectivity index (χ0v) is 18.4. The van der Waals surface area contributed by atoms with Crippen LogP contribution in [0.2, 0.25) is 0 Å². The Labute approximate surface area is 189 Å². The van der Waals surface area contributed by atoms with Crippen LogP contribution < -0.4 is 10.5 Å². The Morgan fingerprint density at radius 1 is 1.24 bits per heavy atom. The number of nitrogens with one attached hydrogen (secondary N) is 1. The largest absolute Gasteiger partial charge is 0.481 e. The molecule has 1 heterocycles. The number of carboxylic acids is 2. The summed E-state index contributed by atoms with van der Waals surface area (Å²) in [5.41, 5.74) is 4.94. The van der Waals surface area contributed by atoms with E-state index in [1.54, 1.807) is 18.2 Å². The molecular weight excluding hydrogens is 448 g/mol. The second-order valence-corrected chi connectivity index (χ2v) is 9.29. The van der Waals surface area contributed by atoms with Gasteiger partial charge in [0, 0.05) is 23.0 Å². The van der Waals surface area contributed by atoms with Crippen molar-refractivity contribution in [3.63, 3.8) is 0 Å². The Hall–Kier alpha value is -4.17. The first kappa shape index (κ1) is 23.5. The number of anilines is 2. The summed E-state index contributed by atoms with van der Waals surface area (Å²) in [6, 6.07) is 6.32. The molecule has 1 aliphatic rings. The molecule has 1 aliphatic carbocycles. The molecule has 5 N–H and O–H groups in total. The van der Waals surface area contributed by atoms with Crippen molar-refractivity contribution in [2.75, 3.05) is 16.7 Å². The smallest absolute Gasteiger partial charge is 0.332 e. The van der Waals surface area contributed by atoms with Crippen molar-refractivity contribution in [3.05, 3.63) is 71.1 Å². The van der Waals surface area contributed by atoms with Crippen LogP contribution in [0.1, 0.15) is 29.7 Å². The third-order valence-corrected chi connectivity index (χ3v) is 5.56. The fourth-order valence-electron chi connectivity index (χ4n) is 3.43. The first-order chi connectivity index (χ1) is 15.4. The number of allylic oxidation sites excluding steroid dienone is 2. The number of hydrogen-bond donors (Lipinski definition) is 4. The molecule has 3 rings (SSSR count). The highest BCUT2D eigenvalue weighted by Gasteiger charge is 2.47. The summed E-state index contributed by atoms with van der Waals surface area (Å²) in [5.74, 6) is 1.79. The number of nitrogens with two attached hydrogens (primary N) is 1. The second-order valence-electron chi connectivity index (χ2n) is 7.54. The van der Waals surface area contributed by atoms with Crippen molar-refractivity contribution < 1.29 is 28.2 Å². The van der Waals surface area contributed by atoms with Crippen molar-refractivity contribution in [3.8, 4) is 11.8 Å². The molecule has 2 aromatic rings. The molecule has 0 spiro atoms. The molecule has 0 bridgehead atoms. The predicted molar refractivity (Wildman–Crippen MR) is 121 cm³/mol. The fourth-order valence-corrected chi connectivity index (χ4v) is 3.98. The quantitative estimate of drug-likeness (QED) is 0.475. The van der Waals surface area contributed by atoms with Crippen LogP contribution >= 0.6 is 0 Å². The molecule has 33 heavy (non-hydrogen) atoms. The summed E-state index contributed by atoms with van der Waals surface area (Å²) in [6.07, 6.45) is 6.40. The standard InChI is InChI=1S/C22H20N4O6S/c1-22(20(29)30)10-4-7-16(19(27)28)17(22)18-14(12-24-21(23)25-18)9-8-13-5-3-6-15(11-13)26-33(2,31)32/h3-7,10-12,17,26H,1-2H3,(H,27,28)(H,29,30)(H2,23,24,25). The fraction of sp³-hybridized carbons (Fsp3) is 0.182. The topological polar surface area (TPSA) is 173 Å². The highest BCUT2D eigenvalue weighted by Crippen LogP contribution is 2.45. The van der Waals surface area contributed by atoms with E-state index in [0.29, 0.717) is 11.3 Å². The Kier molecular flexibility index (Phi) is 6.23. The minimum absolute atomic E-state index is 0.0586. The number of sulfonamides is 1. The number of rotatable bonds is 5. The maximum Gasteiger partial charge on any atom is 0.332 e. The van der Waals surface area contributed by atoms with E-state index in [9.17, 15) is 28.2 Å². The van der Waals surface area contributed by atoms with Gasteiger partial charge in [0.25, 0.3) is 0 Å². The average Bonchev–Trinajstić information content (AvgIpc) is 2.71. The van der Waals surface area contributed by atoms with Crippen LogP contribution in [0.15, 0.2) is 54.3 Å². The Bertz CT molecular complexity index is 1370.